The summed E-state index contributed by atoms with van der Waals surface area (Å²) in [6.07, 6.45) is 1.53. The predicted molar refractivity (Wildman–Crippen MR) is 117 cm³/mol. The molecule has 1 fully saturated rings. The van der Waals surface area contributed by atoms with Crippen LogP contribution in [-0.2, 0) is 43.1 Å². The van der Waals surface area contributed by atoms with Crippen LogP contribution in [-0.4, -0.2) is 123 Å². The SMILES string of the molecule is COCCOCCOCCOCC1(COCCOCCOCCOC)CCC(C)(C)N1[O]. The first-order valence-corrected chi connectivity index (χ1v) is 11.4. The molecule has 0 aromatic rings. The van der Waals surface area contributed by atoms with Crippen molar-refractivity contribution in [3.8, 4) is 0 Å². The minimum absolute atomic E-state index is 0.307. The Labute approximate surface area is 193 Å². The lowest BCUT2D eigenvalue weighted by Crippen LogP contribution is -2.54. The zero-order valence-corrected chi connectivity index (χ0v) is 20.4. The Morgan fingerprint density at radius 1 is 0.562 bits per heavy atom. The Bertz CT molecular complexity index is 416. The number of hydroxylamine groups is 2. The molecule has 191 valence electrons. The predicted octanol–water partition coefficient (Wildman–Crippen LogP) is 1.34. The highest BCUT2D eigenvalue weighted by atomic mass is 16.6. The zero-order valence-electron chi connectivity index (χ0n) is 20.4. The molecule has 1 radical (unpaired) electrons. The van der Waals surface area contributed by atoms with Gasteiger partial charge in [-0.25, -0.2) is 0 Å². The van der Waals surface area contributed by atoms with Gasteiger partial charge in [0, 0.05) is 19.8 Å². The number of hydrogen-bond acceptors (Lipinski definition) is 9. The Kier molecular flexibility index (Phi) is 16.7. The smallest absolute Gasteiger partial charge is 0.0965 e. The first-order valence-electron chi connectivity index (χ1n) is 11.4. The largest absolute Gasteiger partial charge is 0.382 e. The first-order chi connectivity index (χ1) is 15.5. The second-order valence-electron chi connectivity index (χ2n) is 8.37. The summed E-state index contributed by atoms with van der Waals surface area (Å²) < 4.78 is 43.1. The fourth-order valence-electron chi connectivity index (χ4n) is 3.38. The summed E-state index contributed by atoms with van der Waals surface area (Å²) in [5, 5.41) is 14.1. The summed E-state index contributed by atoms with van der Waals surface area (Å²) in [5.74, 6) is 0. The van der Waals surface area contributed by atoms with Crippen LogP contribution in [0.2, 0.25) is 0 Å². The highest BCUT2D eigenvalue weighted by Gasteiger charge is 2.51. The molecule has 0 atom stereocenters. The normalized spacial score (nSPS) is 17.9. The number of methoxy groups -OCH3 is 2. The molecule has 10 heteroatoms. The number of rotatable bonds is 22. The summed E-state index contributed by atoms with van der Waals surface area (Å²) >= 11 is 0. The van der Waals surface area contributed by atoms with Gasteiger partial charge in [0.15, 0.2) is 0 Å². The van der Waals surface area contributed by atoms with Crippen molar-refractivity contribution in [3.63, 3.8) is 0 Å². The van der Waals surface area contributed by atoms with Crippen LogP contribution in [0.25, 0.3) is 0 Å². The van der Waals surface area contributed by atoms with Gasteiger partial charge in [0.2, 0.25) is 0 Å². The Morgan fingerprint density at radius 3 is 1.22 bits per heavy atom. The molecular formula is C22H44NO9. The molecule has 0 amide bonds. The van der Waals surface area contributed by atoms with Crippen LogP contribution in [0.1, 0.15) is 26.7 Å². The van der Waals surface area contributed by atoms with Crippen LogP contribution >= 0.6 is 0 Å². The van der Waals surface area contributed by atoms with E-state index in [1.54, 1.807) is 14.2 Å². The van der Waals surface area contributed by atoms with E-state index in [1.807, 2.05) is 13.8 Å². The quantitative estimate of drug-likeness (QED) is 0.219. The summed E-state index contributed by atoms with van der Waals surface area (Å²) in [7, 11) is 3.28. The monoisotopic (exact) mass is 466 g/mol. The lowest BCUT2D eigenvalue weighted by atomic mass is 9.98. The van der Waals surface area contributed by atoms with Gasteiger partial charge in [-0.15, -0.1) is 10.3 Å². The van der Waals surface area contributed by atoms with E-state index in [2.05, 4.69) is 0 Å². The maximum atomic E-state index is 13.0. The van der Waals surface area contributed by atoms with E-state index >= 15 is 0 Å². The van der Waals surface area contributed by atoms with Crippen LogP contribution in [0.5, 0.6) is 0 Å². The lowest BCUT2D eigenvalue weighted by Gasteiger charge is -2.37. The first kappa shape index (κ1) is 29.6. The highest BCUT2D eigenvalue weighted by Crippen LogP contribution is 2.40. The van der Waals surface area contributed by atoms with Crippen molar-refractivity contribution < 1.29 is 43.1 Å². The van der Waals surface area contributed by atoms with Gasteiger partial charge < -0.3 is 37.9 Å². The van der Waals surface area contributed by atoms with Gasteiger partial charge >= 0.3 is 0 Å². The standard InChI is InChI=1S/C22H44NO9/c1-21(2)5-6-22(23(21)24,19-31-17-15-29-13-11-27-9-7-25-3)20-32-18-16-30-14-12-28-10-8-26-4/h5-20H2,1-4H3. The summed E-state index contributed by atoms with van der Waals surface area (Å²) in [4.78, 5) is 0. The topological polar surface area (TPSA) is 97.0 Å². The van der Waals surface area contributed by atoms with Crippen LogP contribution < -0.4 is 0 Å². The van der Waals surface area contributed by atoms with Crippen molar-refractivity contribution in [2.24, 2.45) is 0 Å². The van der Waals surface area contributed by atoms with Crippen molar-refractivity contribution >= 4 is 0 Å². The van der Waals surface area contributed by atoms with Gasteiger partial charge in [-0.2, -0.15) is 0 Å². The molecule has 0 saturated carbocycles. The lowest BCUT2D eigenvalue weighted by molar-refractivity contribution is -0.273. The molecule has 1 saturated heterocycles. The van der Waals surface area contributed by atoms with Crippen LogP contribution in [0.4, 0.5) is 0 Å². The summed E-state index contributed by atoms with van der Waals surface area (Å²) in [6, 6.07) is 0. The average Bonchev–Trinajstić information content (AvgIpc) is 3.00. The number of hydrogen-bond donors (Lipinski definition) is 0. The van der Waals surface area contributed by atoms with E-state index in [0.717, 1.165) is 17.9 Å². The third-order valence-electron chi connectivity index (χ3n) is 5.28. The molecule has 0 bridgehead atoms. The van der Waals surface area contributed by atoms with E-state index in [1.165, 1.54) is 0 Å². The molecule has 0 spiro atoms. The maximum Gasteiger partial charge on any atom is 0.0965 e. The van der Waals surface area contributed by atoms with Crippen LogP contribution in [0.3, 0.4) is 0 Å². The van der Waals surface area contributed by atoms with Crippen molar-refractivity contribution in [2.75, 3.05) is 107 Å². The third kappa shape index (κ3) is 12.2. The van der Waals surface area contributed by atoms with Crippen molar-refractivity contribution in [1.29, 1.82) is 0 Å². The molecule has 1 aliphatic rings. The van der Waals surface area contributed by atoms with E-state index < -0.39 is 11.1 Å². The van der Waals surface area contributed by atoms with Crippen LogP contribution in [0.15, 0.2) is 0 Å². The minimum atomic E-state index is -0.684. The molecule has 32 heavy (non-hydrogen) atoms. The van der Waals surface area contributed by atoms with E-state index in [9.17, 15) is 5.21 Å². The van der Waals surface area contributed by atoms with Gasteiger partial charge in [0.25, 0.3) is 0 Å². The highest BCUT2D eigenvalue weighted by molar-refractivity contribution is 5.01. The molecule has 0 aliphatic carbocycles. The molecule has 0 N–H and O–H groups in total. The van der Waals surface area contributed by atoms with Gasteiger partial charge in [-0.1, -0.05) is 0 Å². The van der Waals surface area contributed by atoms with Crippen molar-refractivity contribution in [1.82, 2.24) is 5.06 Å². The Hall–Kier alpha value is -0.400. The molecule has 10 nitrogen and oxygen atoms in total. The number of ether oxygens (including phenoxy) is 8. The molecule has 1 aliphatic heterocycles. The van der Waals surface area contributed by atoms with Gasteiger partial charge in [0.05, 0.1) is 98.0 Å². The Morgan fingerprint density at radius 2 is 0.906 bits per heavy atom. The van der Waals surface area contributed by atoms with Gasteiger partial charge in [-0.3, -0.25) is 0 Å². The summed E-state index contributed by atoms with van der Waals surface area (Å²) in [6.45, 7) is 10.6. The molecule has 1 rings (SSSR count). The molecular weight excluding hydrogens is 422 g/mol. The van der Waals surface area contributed by atoms with Crippen molar-refractivity contribution in [3.05, 3.63) is 0 Å². The zero-order chi connectivity index (χ0) is 23.5. The average molecular weight is 467 g/mol. The molecule has 1 heterocycles. The minimum Gasteiger partial charge on any atom is -0.382 e. The molecule has 0 aromatic carbocycles. The fraction of sp³-hybridized carbons (Fsp3) is 1.00. The van der Waals surface area contributed by atoms with E-state index in [0.29, 0.717) is 92.5 Å². The van der Waals surface area contributed by atoms with Gasteiger partial charge in [0.1, 0.15) is 0 Å². The maximum absolute atomic E-state index is 13.0. The second kappa shape index (κ2) is 18.0. The van der Waals surface area contributed by atoms with Crippen molar-refractivity contribution in [2.45, 2.75) is 37.8 Å². The number of nitrogens with zero attached hydrogens (tertiary/aromatic N) is 1. The Balaban J connectivity index is 2.20. The third-order valence-corrected chi connectivity index (χ3v) is 5.28. The molecule has 0 unspecified atom stereocenters. The molecule has 0 aromatic heterocycles. The van der Waals surface area contributed by atoms with Crippen LogP contribution in [0, 0.1) is 0 Å². The second-order valence-corrected chi connectivity index (χ2v) is 8.37. The van der Waals surface area contributed by atoms with E-state index in [4.69, 9.17) is 37.9 Å². The van der Waals surface area contributed by atoms with Gasteiger partial charge in [-0.05, 0) is 26.7 Å². The fourth-order valence-corrected chi connectivity index (χ4v) is 3.38. The summed E-state index contributed by atoms with van der Waals surface area (Å²) in [5.41, 5.74) is -1.12. The van der Waals surface area contributed by atoms with E-state index in [-0.39, 0.29) is 0 Å².